The molecule has 0 bridgehead atoms. The van der Waals surface area contributed by atoms with Crippen LogP contribution in [-0.4, -0.2) is 0 Å². The standard InChI is InChI=1S/C14H11Cl2NO/c15-9-2-1-8-7-18-13-4-3-10(16)6-12(13)14(17)11(8)5-9/h1-6,14H,7,17H2. The molecule has 0 saturated heterocycles. The highest BCUT2D eigenvalue weighted by Crippen LogP contribution is 2.36. The molecule has 0 spiro atoms. The normalized spacial score (nSPS) is 17.4. The van der Waals surface area contributed by atoms with Gasteiger partial charge in [-0.05, 0) is 41.5 Å². The van der Waals surface area contributed by atoms with E-state index in [1.54, 1.807) is 6.07 Å². The largest absolute Gasteiger partial charge is 0.489 e. The molecule has 2 N–H and O–H groups in total. The van der Waals surface area contributed by atoms with Crippen LogP contribution in [0.15, 0.2) is 36.4 Å². The first-order valence-electron chi connectivity index (χ1n) is 5.61. The smallest absolute Gasteiger partial charge is 0.125 e. The van der Waals surface area contributed by atoms with Gasteiger partial charge in [0.25, 0.3) is 0 Å². The molecule has 0 saturated carbocycles. The Morgan fingerprint density at radius 1 is 1.00 bits per heavy atom. The summed E-state index contributed by atoms with van der Waals surface area (Å²) in [4.78, 5) is 0. The number of halogens is 2. The monoisotopic (exact) mass is 279 g/mol. The minimum Gasteiger partial charge on any atom is -0.489 e. The lowest BCUT2D eigenvalue weighted by Crippen LogP contribution is -2.12. The van der Waals surface area contributed by atoms with Gasteiger partial charge in [-0.1, -0.05) is 29.3 Å². The Balaban J connectivity index is 2.18. The molecule has 1 aliphatic heterocycles. The van der Waals surface area contributed by atoms with Crippen molar-refractivity contribution in [3.8, 4) is 5.75 Å². The Morgan fingerprint density at radius 2 is 1.67 bits per heavy atom. The van der Waals surface area contributed by atoms with Gasteiger partial charge in [-0.2, -0.15) is 0 Å². The van der Waals surface area contributed by atoms with Crippen LogP contribution in [0.2, 0.25) is 10.0 Å². The van der Waals surface area contributed by atoms with E-state index >= 15 is 0 Å². The summed E-state index contributed by atoms with van der Waals surface area (Å²) in [7, 11) is 0. The molecule has 0 aromatic heterocycles. The van der Waals surface area contributed by atoms with Crippen molar-refractivity contribution < 1.29 is 4.74 Å². The summed E-state index contributed by atoms with van der Waals surface area (Å²) >= 11 is 12.0. The van der Waals surface area contributed by atoms with E-state index in [1.807, 2.05) is 30.3 Å². The maximum absolute atomic E-state index is 6.30. The van der Waals surface area contributed by atoms with Crippen LogP contribution < -0.4 is 10.5 Å². The second-order valence-corrected chi connectivity index (χ2v) is 5.16. The molecule has 1 unspecified atom stereocenters. The summed E-state index contributed by atoms with van der Waals surface area (Å²) in [5, 5.41) is 1.33. The molecule has 0 aliphatic carbocycles. The van der Waals surface area contributed by atoms with Gasteiger partial charge in [0.05, 0.1) is 6.04 Å². The Morgan fingerprint density at radius 3 is 2.44 bits per heavy atom. The van der Waals surface area contributed by atoms with Crippen molar-refractivity contribution in [3.63, 3.8) is 0 Å². The van der Waals surface area contributed by atoms with Crippen molar-refractivity contribution >= 4 is 23.2 Å². The molecule has 2 aromatic carbocycles. The number of hydrogen-bond acceptors (Lipinski definition) is 2. The molecule has 4 heteroatoms. The van der Waals surface area contributed by atoms with E-state index in [1.165, 1.54) is 0 Å². The van der Waals surface area contributed by atoms with E-state index in [-0.39, 0.29) is 6.04 Å². The number of benzene rings is 2. The molecule has 18 heavy (non-hydrogen) atoms. The van der Waals surface area contributed by atoms with Crippen LogP contribution in [-0.2, 0) is 6.61 Å². The van der Waals surface area contributed by atoms with Crippen molar-refractivity contribution in [2.24, 2.45) is 5.73 Å². The van der Waals surface area contributed by atoms with E-state index in [9.17, 15) is 0 Å². The highest BCUT2D eigenvalue weighted by atomic mass is 35.5. The Labute approximate surface area is 115 Å². The summed E-state index contributed by atoms with van der Waals surface area (Å²) in [6.07, 6.45) is 0. The third-order valence-electron chi connectivity index (χ3n) is 3.13. The fourth-order valence-electron chi connectivity index (χ4n) is 2.20. The van der Waals surface area contributed by atoms with E-state index in [2.05, 4.69) is 0 Å². The van der Waals surface area contributed by atoms with Crippen molar-refractivity contribution in [2.45, 2.75) is 12.6 Å². The summed E-state index contributed by atoms with van der Waals surface area (Å²) in [5.41, 5.74) is 9.23. The van der Waals surface area contributed by atoms with E-state index in [4.69, 9.17) is 33.7 Å². The van der Waals surface area contributed by atoms with Crippen LogP contribution in [0.3, 0.4) is 0 Å². The van der Waals surface area contributed by atoms with Crippen molar-refractivity contribution in [2.75, 3.05) is 0 Å². The predicted molar refractivity (Wildman–Crippen MR) is 73.3 cm³/mol. The van der Waals surface area contributed by atoms with Crippen LogP contribution in [0.1, 0.15) is 22.7 Å². The molecule has 92 valence electrons. The molecule has 2 aromatic rings. The maximum atomic E-state index is 6.30. The zero-order valence-corrected chi connectivity index (χ0v) is 11.0. The fraction of sp³-hybridized carbons (Fsp3) is 0.143. The average molecular weight is 280 g/mol. The zero-order chi connectivity index (χ0) is 12.7. The first kappa shape index (κ1) is 11.8. The molecule has 3 rings (SSSR count). The lowest BCUT2D eigenvalue weighted by Gasteiger charge is -2.14. The fourth-order valence-corrected chi connectivity index (χ4v) is 2.56. The number of nitrogens with two attached hydrogens (primary N) is 1. The van der Waals surface area contributed by atoms with Crippen LogP contribution in [0, 0.1) is 0 Å². The summed E-state index contributed by atoms with van der Waals surface area (Å²) in [5.74, 6) is 0.777. The lowest BCUT2D eigenvalue weighted by atomic mass is 9.96. The van der Waals surface area contributed by atoms with Crippen LogP contribution in [0.25, 0.3) is 0 Å². The minimum atomic E-state index is -0.269. The first-order valence-corrected chi connectivity index (χ1v) is 6.37. The highest BCUT2D eigenvalue weighted by Gasteiger charge is 2.22. The topological polar surface area (TPSA) is 35.2 Å². The lowest BCUT2D eigenvalue weighted by molar-refractivity contribution is 0.307. The number of ether oxygens (including phenoxy) is 1. The van der Waals surface area contributed by atoms with E-state index in [0.717, 1.165) is 22.4 Å². The summed E-state index contributed by atoms with van der Waals surface area (Å²) in [6.45, 7) is 0.495. The molecular weight excluding hydrogens is 269 g/mol. The van der Waals surface area contributed by atoms with Gasteiger partial charge in [0.1, 0.15) is 12.4 Å². The van der Waals surface area contributed by atoms with Gasteiger partial charge in [-0.25, -0.2) is 0 Å². The van der Waals surface area contributed by atoms with Crippen LogP contribution in [0.4, 0.5) is 0 Å². The van der Waals surface area contributed by atoms with Crippen molar-refractivity contribution in [1.82, 2.24) is 0 Å². The van der Waals surface area contributed by atoms with Crippen LogP contribution >= 0.6 is 23.2 Å². The summed E-state index contributed by atoms with van der Waals surface area (Å²) in [6, 6.07) is 10.9. The van der Waals surface area contributed by atoms with Gasteiger partial charge in [-0.3, -0.25) is 0 Å². The Hall–Kier alpha value is -1.22. The number of hydrogen-bond donors (Lipinski definition) is 1. The third kappa shape index (κ3) is 1.97. The van der Waals surface area contributed by atoms with E-state index in [0.29, 0.717) is 16.7 Å². The van der Waals surface area contributed by atoms with Gasteiger partial charge in [0.2, 0.25) is 0 Å². The maximum Gasteiger partial charge on any atom is 0.125 e. The molecule has 1 aliphatic rings. The summed E-state index contributed by atoms with van der Waals surface area (Å²) < 4.78 is 5.76. The minimum absolute atomic E-state index is 0.269. The average Bonchev–Trinajstić information content (AvgIpc) is 2.49. The molecule has 0 amide bonds. The Bertz CT molecular complexity index is 559. The third-order valence-corrected chi connectivity index (χ3v) is 3.60. The van der Waals surface area contributed by atoms with Gasteiger partial charge >= 0.3 is 0 Å². The Kier molecular flexibility index (Phi) is 2.94. The first-order chi connectivity index (χ1) is 8.65. The second-order valence-electron chi connectivity index (χ2n) is 4.29. The van der Waals surface area contributed by atoms with E-state index < -0.39 is 0 Å². The van der Waals surface area contributed by atoms with Gasteiger partial charge in [0.15, 0.2) is 0 Å². The second kappa shape index (κ2) is 4.47. The predicted octanol–water partition coefficient (Wildman–Crippen LogP) is 3.93. The SMILES string of the molecule is NC1c2cc(Cl)ccc2COc2ccc(Cl)cc21. The van der Waals surface area contributed by atoms with Gasteiger partial charge < -0.3 is 10.5 Å². The molecule has 0 fully saturated rings. The van der Waals surface area contributed by atoms with Crippen molar-refractivity contribution in [1.29, 1.82) is 0 Å². The quantitative estimate of drug-likeness (QED) is 0.793. The molecular formula is C14H11Cl2NO. The number of rotatable bonds is 0. The number of fused-ring (bicyclic) bond motifs is 2. The molecule has 1 atom stereocenters. The van der Waals surface area contributed by atoms with Gasteiger partial charge in [-0.15, -0.1) is 0 Å². The molecule has 1 heterocycles. The highest BCUT2D eigenvalue weighted by molar-refractivity contribution is 6.31. The van der Waals surface area contributed by atoms with Crippen molar-refractivity contribution in [3.05, 3.63) is 63.1 Å². The molecule has 0 radical (unpaired) electrons. The molecule has 2 nitrogen and oxygen atoms in total. The zero-order valence-electron chi connectivity index (χ0n) is 9.49. The van der Waals surface area contributed by atoms with Crippen LogP contribution in [0.5, 0.6) is 5.75 Å². The van der Waals surface area contributed by atoms with Gasteiger partial charge in [0, 0.05) is 15.6 Å².